The Bertz CT molecular complexity index is 822. The van der Waals surface area contributed by atoms with Gasteiger partial charge in [0.2, 0.25) is 0 Å². The standard InChI is InChI=1S/C18H16N2O3/c1-23-18(22)16-5-3-2-4-14(16)12-20-11-10-19-17(20)13-6-8-15(21)9-7-13/h2-11,21H,12H2,1H3. The molecule has 0 saturated heterocycles. The van der Waals surface area contributed by atoms with E-state index in [1.54, 1.807) is 36.5 Å². The van der Waals surface area contributed by atoms with Gasteiger partial charge in [0.25, 0.3) is 0 Å². The first-order valence-corrected chi connectivity index (χ1v) is 7.16. The molecule has 1 heterocycles. The summed E-state index contributed by atoms with van der Waals surface area (Å²) < 4.78 is 6.79. The largest absolute Gasteiger partial charge is 0.508 e. The number of phenols is 1. The summed E-state index contributed by atoms with van der Waals surface area (Å²) in [5.74, 6) is 0.625. The first-order valence-electron chi connectivity index (χ1n) is 7.16. The molecule has 0 unspecified atom stereocenters. The second kappa shape index (κ2) is 6.36. The van der Waals surface area contributed by atoms with Crippen LogP contribution in [0, 0.1) is 0 Å². The van der Waals surface area contributed by atoms with Gasteiger partial charge in [-0.3, -0.25) is 0 Å². The van der Waals surface area contributed by atoms with Gasteiger partial charge < -0.3 is 14.4 Å². The van der Waals surface area contributed by atoms with Crippen LogP contribution in [0.2, 0.25) is 0 Å². The predicted octanol–water partition coefficient (Wildman–Crippen LogP) is 3.09. The number of hydrogen-bond acceptors (Lipinski definition) is 4. The molecule has 3 aromatic rings. The highest BCUT2D eigenvalue weighted by atomic mass is 16.5. The molecule has 5 heteroatoms. The highest BCUT2D eigenvalue weighted by molar-refractivity contribution is 5.91. The summed E-state index contributed by atoms with van der Waals surface area (Å²) in [5.41, 5.74) is 2.29. The highest BCUT2D eigenvalue weighted by Gasteiger charge is 2.13. The molecule has 0 aliphatic carbocycles. The van der Waals surface area contributed by atoms with E-state index >= 15 is 0 Å². The van der Waals surface area contributed by atoms with Gasteiger partial charge in [-0.1, -0.05) is 18.2 Å². The zero-order valence-electron chi connectivity index (χ0n) is 12.6. The van der Waals surface area contributed by atoms with E-state index in [0.717, 1.165) is 17.0 Å². The second-order valence-corrected chi connectivity index (χ2v) is 5.07. The van der Waals surface area contributed by atoms with Gasteiger partial charge in [-0.15, -0.1) is 0 Å². The van der Waals surface area contributed by atoms with Crippen LogP contribution in [-0.2, 0) is 11.3 Å². The van der Waals surface area contributed by atoms with Crippen molar-refractivity contribution in [1.29, 1.82) is 0 Å². The molecular formula is C18H16N2O3. The number of esters is 1. The van der Waals surface area contributed by atoms with E-state index < -0.39 is 0 Å². The molecule has 23 heavy (non-hydrogen) atoms. The molecule has 1 N–H and O–H groups in total. The van der Waals surface area contributed by atoms with E-state index in [-0.39, 0.29) is 11.7 Å². The number of hydrogen-bond donors (Lipinski definition) is 1. The third kappa shape index (κ3) is 3.08. The number of benzene rings is 2. The maximum Gasteiger partial charge on any atom is 0.338 e. The molecule has 116 valence electrons. The number of nitrogens with zero attached hydrogens (tertiary/aromatic N) is 2. The lowest BCUT2D eigenvalue weighted by Crippen LogP contribution is -2.09. The molecular weight excluding hydrogens is 292 g/mol. The molecule has 1 aromatic heterocycles. The lowest BCUT2D eigenvalue weighted by Gasteiger charge is -2.11. The Morgan fingerprint density at radius 2 is 1.91 bits per heavy atom. The minimum atomic E-state index is -0.355. The van der Waals surface area contributed by atoms with Crippen molar-refractivity contribution in [1.82, 2.24) is 9.55 Å². The van der Waals surface area contributed by atoms with E-state index in [1.165, 1.54) is 7.11 Å². The molecule has 0 bridgehead atoms. The van der Waals surface area contributed by atoms with E-state index in [1.807, 2.05) is 29.0 Å². The van der Waals surface area contributed by atoms with Crippen LogP contribution in [0.4, 0.5) is 0 Å². The van der Waals surface area contributed by atoms with Crippen LogP contribution in [0.1, 0.15) is 15.9 Å². The number of carbonyl (C=O) groups is 1. The van der Waals surface area contributed by atoms with Crippen molar-refractivity contribution in [3.63, 3.8) is 0 Å². The number of phenolic OH excluding ortho intramolecular Hbond substituents is 1. The third-order valence-corrected chi connectivity index (χ3v) is 3.60. The van der Waals surface area contributed by atoms with Gasteiger partial charge >= 0.3 is 5.97 Å². The molecule has 0 saturated carbocycles. The maximum absolute atomic E-state index is 11.9. The molecule has 3 rings (SSSR count). The van der Waals surface area contributed by atoms with Gasteiger partial charge in [-0.2, -0.15) is 0 Å². The van der Waals surface area contributed by atoms with E-state index in [4.69, 9.17) is 4.74 Å². The normalized spacial score (nSPS) is 10.5. The fourth-order valence-corrected chi connectivity index (χ4v) is 2.46. The first kappa shape index (κ1) is 14.8. The zero-order chi connectivity index (χ0) is 16.2. The van der Waals surface area contributed by atoms with Crippen molar-refractivity contribution in [3.05, 3.63) is 72.1 Å². The summed E-state index contributed by atoms with van der Waals surface area (Å²) in [5, 5.41) is 9.40. The summed E-state index contributed by atoms with van der Waals surface area (Å²) >= 11 is 0. The number of methoxy groups -OCH3 is 1. The van der Waals surface area contributed by atoms with E-state index in [9.17, 15) is 9.90 Å². The fraction of sp³-hybridized carbons (Fsp3) is 0.111. The Balaban J connectivity index is 1.95. The average Bonchev–Trinajstić information content (AvgIpc) is 3.03. The van der Waals surface area contributed by atoms with Crippen LogP contribution in [0.25, 0.3) is 11.4 Å². The second-order valence-electron chi connectivity index (χ2n) is 5.07. The van der Waals surface area contributed by atoms with Crippen LogP contribution in [0.5, 0.6) is 5.75 Å². The molecule has 0 atom stereocenters. The number of aromatic hydroxyl groups is 1. The Morgan fingerprint density at radius 3 is 2.65 bits per heavy atom. The van der Waals surface area contributed by atoms with Gasteiger partial charge in [0.15, 0.2) is 0 Å². The number of ether oxygens (including phenoxy) is 1. The van der Waals surface area contributed by atoms with Crippen LogP contribution in [-0.4, -0.2) is 27.7 Å². The minimum Gasteiger partial charge on any atom is -0.508 e. The molecule has 5 nitrogen and oxygen atoms in total. The van der Waals surface area contributed by atoms with Crippen molar-refractivity contribution in [3.8, 4) is 17.1 Å². The smallest absolute Gasteiger partial charge is 0.338 e. The van der Waals surface area contributed by atoms with Crippen molar-refractivity contribution in [2.24, 2.45) is 0 Å². The first-order chi connectivity index (χ1) is 11.2. The molecule has 0 spiro atoms. The monoisotopic (exact) mass is 308 g/mol. The van der Waals surface area contributed by atoms with Crippen molar-refractivity contribution >= 4 is 5.97 Å². The van der Waals surface area contributed by atoms with Crippen molar-refractivity contribution in [2.75, 3.05) is 7.11 Å². The van der Waals surface area contributed by atoms with Gasteiger partial charge in [-0.25, -0.2) is 9.78 Å². The van der Waals surface area contributed by atoms with E-state index in [0.29, 0.717) is 12.1 Å². The van der Waals surface area contributed by atoms with Crippen molar-refractivity contribution in [2.45, 2.75) is 6.54 Å². The van der Waals surface area contributed by atoms with Crippen LogP contribution < -0.4 is 0 Å². The lowest BCUT2D eigenvalue weighted by atomic mass is 10.1. The lowest BCUT2D eigenvalue weighted by molar-refractivity contribution is 0.0599. The summed E-state index contributed by atoms with van der Waals surface area (Å²) in [6.45, 7) is 0.501. The Kier molecular flexibility index (Phi) is 4.10. The third-order valence-electron chi connectivity index (χ3n) is 3.60. The molecule has 0 aliphatic heterocycles. The summed E-state index contributed by atoms with van der Waals surface area (Å²) in [7, 11) is 1.37. The van der Waals surface area contributed by atoms with E-state index in [2.05, 4.69) is 4.98 Å². The quantitative estimate of drug-likeness (QED) is 0.752. The molecule has 0 radical (unpaired) electrons. The molecule has 0 fully saturated rings. The zero-order valence-corrected chi connectivity index (χ0v) is 12.6. The van der Waals surface area contributed by atoms with Gasteiger partial charge in [0.05, 0.1) is 12.7 Å². The van der Waals surface area contributed by atoms with Crippen LogP contribution in [0.3, 0.4) is 0 Å². The summed E-state index contributed by atoms with van der Waals surface area (Å²) in [6.07, 6.45) is 3.57. The topological polar surface area (TPSA) is 64.4 Å². The van der Waals surface area contributed by atoms with Gasteiger partial charge in [0.1, 0.15) is 11.6 Å². The summed E-state index contributed by atoms with van der Waals surface area (Å²) in [4.78, 5) is 16.3. The number of rotatable bonds is 4. The van der Waals surface area contributed by atoms with Crippen LogP contribution >= 0.6 is 0 Å². The molecule has 0 aliphatic rings. The fourth-order valence-electron chi connectivity index (χ4n) is 2.46. The number of carbonyl (C=O) groups excluding carboxylic acids is 1. The highest BCUT2D eigenvalue weighted by Crippen LogP contribution is 2.22. The SMILES string of the molecule is COC(=O)c1ccccc1Cn1ccnc1-c1ccc(O)cc1. The van der Waals surface area contributed by atoms with Gasteiger partial charge in [-0.05, 0) is 35.9 Å². The predicted molar refractivity (Wildman–Crippen MR) is 86.2 cm³/mol. The van der Waals surface area contributed by atoms with Crippen molar-refractivity contribution < 1.29 is 14.6 Å². The maximum atomic E-state index is 11.9. The average molecular weight is 308 g/mol. The van der Waals surface area contributed by atoms with Crippen LogP contribution in [0.15, 0.2) is 60.9 Å². The number of imidazole rings is 1. The van der Waals surface area contributed by atoms with Gasteiger partial charge in [0, 0.05) is 24.5 Å². The Morgan fingerprint density at radius 1 is 1.17 bits per heavy atom. The summed E-state index contributed by atoms with van der Waals surface area (Å²) in [6, 6.07) is 14.2. The Hall–Kier alpha value is -3.08. The molecule has 0 amide bonds. The number of aromatic nitrogens is 2. The molecule has 2 aromatic carbocycles. The minimum absolute atomic E-state index is 0.211. The Labute approximate surface area is 133 Å².